The lowest BCUT2D eigenvalue weighted by atomic mass is 9.83. The molecule has 0 aromatic heterocycles. The summed E-state index contributed by atoms with van der Waals surface area (Å²) in [5.74, 6) is -0.505. The second-order valence-electron chi connectivity index (χ2n) is 4.76. The maximum atomic E-state index is 11.5. The molecule has 0 aromatic rings. The summed E-state index contributed by atoms with van der Waals surface area (Å²) in [5, 5.41) is -1.29. The third-order valence-corrected chi connectivity index (χ3v) is 4.27. The molecular formula is C11H17ClO4. The molecule has 4 nitrogen and oxygen atoms in total. The predicted octanol–water partition coefficient (Wildman–Crippen LogP) is 1.84. The number of hydrogen-bond donors (Lipinski definition) is 0. The van der Waals surface area contributed by atoms with E-state index in [1.165, 1.54) is 7.11 Å². The number of rotatable bonds is 2. The van der Waals surface area contributed by atoms with Crippen LogP contribution in [0.4, 0.5) is 0 Å². The summed E-state index contributed by atoms with van der Waals surface area (Å²) in [5.41, 5.74) is -0.854. The lowest BCUT2D eigenvalue weighted by Crippen LogP contribution is -2.45. The fourth-order valence-electron chi connectivity index (χ4n) is 2.40. The van der Waals surface area contributed by atoms with Crippen molar-refractivity contribution in [1.82, 2.24) is 0 Å². The van der Waals surface area contributed by atoms with Crippen LogP contribution in [0.3, 0.4) is 0 Å². The topological polar surface area (TPSA) is 48.1 Å². The first kappa shape index (κ1) is 12.1. The molecule has 0 bridgehead atoms. The average molecular weight is 249 g/mol. The van der Waals surface area contributed by atoms with Crippen molar-refractivity contribution in [2.24, 2.45) is 0 Å². The van der Waals surface area contributed by atoms with Gasteiger partial charge in [0, 0.05) is 12.8 Å². The molecule has 1 spiro atoms. The number of carbonyl (C=O) groups excluding carboxylic acids is 1. The molecule has 3 unspecified atom stereocenters. The van der Waals surface area contributed by atoms with Gasteiger partial charge in [0.2, 0.25) is 0 Å². The van der Waals surface area contributed by atoms with Crippen molar-refractivity contribution >= 4 is 17.6 Å². The zero-order valence-corrected chi connectivity index (χ0v) is 10.6. The Morgan fingerprint density at radius 2 is 2.25 bits per heavy atom. The van der Waals surface area contributed by atoms with Gasteiger partial charge in [-0.2, -0.15) is 0 Å². The number of epoxide rings is 1. The standard InChI is InChI=1S/C11H17ClO4/c1-4-9(2)7-10(5-6-15-9)11(12,16-10)8(13)14-3/h4-7H2,1-3H3. The number of esters is 1. The van der Waals surface area contributed by atoms with Gasteiger partial charge in [-0.1, -0.05) is 18.5 Å². The van der Waals surface area contributed by atoms with Crippen molar-refractivity contribution in [2.75, 3.05) is 13.7 Å². The third-order valence-electron chi connectivity index (χ3n) is 3.69. The van der Waals surface area contributed by atoms with Gasteiger partial charge in [-0.05, 0) is 13.3 Å². The van der Waals surface area contributed by atoms with Crippen LogP contribution in [0.5, 0.6) is 0 Å². The van der Waals surface area contributed by atoms with Crippen LogP contribution in [0.2, 0.25) is 0 Å². The summed E-state index contributed by atoms with van der Waals surface area (Å²) in [7, 11) is 1.32. The van der Waals surface area contributed by atoms with Crippen LogP contribution in [0.15, 0.2) is 0 Å². The van der Waals surface area contributed by atoms with E-state index in [2.05, 4.69) is 11.7 Å². The van der Waals surface area contributed by atoms with Crippen molar-refractivity contribution in [2.45, 2.75) is 49.4 Å². The monoisotopic (exact) mass is 248 g/mol. The lowest BCUT2D eigenvalue weighted by molar-refractivity contribution is -0.143. The Balaban J connectivity index is 2.15. The fourth-order valence-corrected chi connectivity index (χ4v) is 2.78. The van der Waals surface area contributed by atoms with E-state index in [0.717, 1.165) is 6.42 Å². The van der Waals surface area contributed by atoms with Gasteiger partial charge in [-0.3, -0.25) is 0 Å². The van der Waals surface area contributed by atoms with Crippen LogP contribution >= 0.6 is 11.6 Å². The maximum Gasteiger partial charge on any atom is 0.357 e. The van der Waals surface area contributed by atoms with Crippen LogP contribution < -0.4 is 0 Å². The first-order valence-corrected chi connectivity index (χ1v) is 5.91. The SMILES string of the molecule is CCC1(C)CC2(CCO1)OC2(Cl)C(=O)OC. The third kappa shape index (κ3) is 1.55. The zero-order valence-electron chi connectivity index (χ0n) is 9.84. The quantitative estimate of drug-likeness (QED) is 0.425. The van der Waals surface area contributed by atoms with E-state index in [1.807, 2.05) is 6.92 Å². The summed E-state index contributed by atoms with van der Waals surface area (Å²) in [6.45, 7) is 4.63. The van der Waals surface area contributed by atoms with Crippen LogP contribution in [0.25, 0.3) is 0 Å². The van der Waals surface area contributed by atoms with Crippen molar-refractivity contribution < 1.29 is 19.0 Å². The summed E-state index contributed by atoms with van der Waals surface area (Å²) in [6.07, 6.45) is 2.14. The van der Waals surface area contributed by atoms with E-state index in [4.69, 9.17) is 21.1 Å². The Morgan fingerprint density at radius 3 is 2.81 bits per heavy atom. The van der Waals surface area contributed by atoms with E-state index in [-0.39, 0.29) is 5.60 Å². The molecule has 0 amide bonds. The van der Waals surface area contributed by atoms with Crippen molar-refractivity contribution in [3.8, 4) is 0 Å². The molecule has 16 heavy (non-hydrogen) atoms. The fraction of sp³-hybridized carbons (Fsp3) is 0.909. The first-order valence-electron chi connectivity index (χ1n) is 5.53. The van der Waals surface area contributed by atoms with Crippen LogP contribution in [0.1, 0.15) is 33.1 Å². The van der Waals surface area contributed by atoms with E-state index in [0.29, 0.717) is 19.4 Å². The molecule has 2 saturated heterocycles. The van der Waals surface area contributed by atoms with Gasteiger partial charge < -0.3 is 14.2 Å². The van der Waals surface area contributed by atoms with Gasteiger partial charge >= 0.3 is 5.97 Å². The van der Waals surface area contributed by atoms with Gasteiger partial charge in [-0.25, -0.2) is 4.79 Å². The van der Waals surface area contributed by atoms with E-state index in [1.54, 1.807) is 0 Å². The Hall–Kier alpha value is -0.320. The Kier molecular flexibility index (Phi) is 2.72. The van der Waals surface area contributed by atoms with Gasteiger partial charge in [-0.15, -0.1) is 0 Å². The molecule has 0 aliphatic carbocycles. The molecule has 0 N–H and O–H groups in total. The van der Waals surface area contributed by atoms with Gasteiger partial charge in [0.15, 0.2) is 0 Å². The van der Waals surface area contributed by atoms with E-state index in [9.17, 15) is 4.79 Å². The highest BCUT2D eigenvalue weighted by molar-refractivity contribution is 6.36. The molecule has 0 radical (unpaired) electrons. The number of hydrogen-bond acceptors (Lipinski definition) is 4. The highest BCUT2D eigenvalue weighted by Gasteiger charge is 2.77. The minimum atomic E-state index is -1.29. The summed E-state index contributed by atoms with van der Waals surface area (Å²) < 4.78 is 15.9. The van der Waals surface area contributed by atoms with E-state index < -0.39 is 16.6 Å². The molecular weight excluding hydrogens is 232 g/mol. The molecule has 2 rings (SSSR count). The molecule has 2 fully saturated rings. The number of carbonyl (C=O) groups is 1. The number of methoxy groups -OCH3 is 1. The largest absolute Gasteiger partial charge is 0.466 e. The van der Waals surface area contributed by atoms with Crippen molar-refractivity contribution in [1.29, 1.82) is 0 Å². The molecule has 3 atom stereocenters. The van der Waals surface area contributed by atoms with Crippen LogP contribution in [-0.2, 0) is 19.0 Å². The van der Waals surface area contributed by atoms with Gasteiger partial charge in [0.05, 0.1) is 19.3 Å². The predicted molar refractivity (Wildman–Crippen MR) is 58.3 cm³/mol. The minimum Gasteiger partial charge on any atom is -0.466 e. The summed E-state index contributed by atoms with van der Waals surface area (Å²) >= 11 is 6.16. The first-order chi connectivity index (χ1) is 7.41. The number of ether oxygens (including phenoxy) is 3. The molecule has 0 saturated carbocycles. The second-order valence-corrected chi connectivity index (χ2v) is 5.29. The highest BCUT2D eigenvalue weighted by atomic mass is 35.5. The Labute approximate surface area is 100 Å². The summed E-state index contributed by atoms with van der Waals surface area (Å²) in [6, 6.07) is 0. The zero-order chi connectivity index (χ0) is 12.0. The van der Waals surface area contributed by atoms with Gasteiger partial charge in [0.25, 0.3) is 5.06 Å². The lowest BCUT2D eigenvalue weighted by Gasteiger charge is -2.36. The maximum absolute atomic E-state index is 11.5. The Morgan fingerprint density at radius 1 is 1.56 bits per heavy atom. The Bertz CT molecular complexity index is 321. The second kappa shape index (κ2) is 3.59. The molecule has 2 aliphatic heterocycles. The molecule has 2 aliphatic rings. The van der Waals surface area contributed by atoms with Crippen molar-refractivity contribution in [3.63, 3.8) is 0 Å². The number of halogens is 1. The highest BCUT2D eigenvalue weighted by Crippen LogP contribution is 2.60. The number of alkyl halides is 1. The van der Waals surface area contributed by atoms with E-state index >= 15 is 0 Å². The van der Waals surface area contributed by atoms with Crippen molar-refractivity contribution in [3.05, 3.63) is 0 Å². The smallest absolute Gasteiger partial charge is 0.357 e. The molecule has 92 valence electrons. The molecule has 2 heterocycles. The van der Waals surface area contributed by atoms with Crippen LogP contribution in [0, 0.1) is 0 Å². The average Bonchev–Trinajstić information content (AvgIpc) is 2.82. The molecule has 0 aromatic carbocycles. The summed E-state index contributed by atoms with van der Waals surface area (Å²) in [4.78, 5) is 11.5. The van der Waals surface area contributed by atoms with Crippen LogP contribution in [-0.4, -0.2) is 35.9 Å². The minimum absolute atomic E-state index is 0.261. The molecule has 5 heteroatoms. The van der Waals surface area contributed by atoms with Gasteiger partial charge in [0.1, 0.15) is 5.60 Å². The normalized spacial score (nSPS) is 46.8.